The van der Waals surface area contributed by atoms with Gasteiger partial charge in [-0.1, -0.05) is 12.1 Å². The second-order valence-electron chi connectivity index (χ2n) is 8.82. The third-order valence-corrected chi connectivity index (χ3v) is 8.05. The van der Waals surface area contributed by atoms with Crippen molar-refractivity contribution in [1.82, 2.24) is 9.47 Å². The number of aryl methyl sites for hydroxylation is 1. The monoisotopic (exact) mass is 475 g/mol. The van der Waals surface area contributed by atoms with Gasteiger partial charge in [-0.25, -0.2) is 13.6 Å². The van der Waals surface area contributed by atoms with E-state index in [9.17, 15) is 13.6 Å². The number of nitrogens with one attached hydrogen (secondary N) is 1. The number of halogens is 2. The molecule has 0 fully saturated rings. The van der Waals surface area contributed by atoms with Gasteiger partial charge in [0.05, 0.1) is 18.3 Å². The first kappa shape index (κ1) is 21.1. The van der Waals surface area contributed by atoms with E-state index in [0.717, 1.165) is 35.5 Å². The van der Waals surface area contributed by atoms with E-state index in [1.807, 2.05) is 34.6 Å². The number of hydrogen-bond donors (Lipinski definition) is 1. The first-order valence-electron chi connectivity index (χ1n) is 11.5. The van der Waals surface area contributed by atoms with Gasteiger partial charge in [-0.15, -0.1) is 11.3 Å². The average molecular weight is 476 g/mol. The SMILES string of the molecule is O=C(Nc1ccc(F)cc1)N1Cc2c(sc3c2CCCC3)-n2cccc2[C@@H]1c1ccc(F)cc1. The van der Waals surface area contributed by atoms with Gasteiger partial charge in [0, 0.05) is 22.3 Å². The van der Waals surface area contributed by atoms with Crippen LogP contribution in [0.25, 0.3) is 5.00 Å². The molecule has 2 aromatic carbocycles. The molecule has 1 aliphatic heterocycles. The summed E-state index contributed by atoms with van der Waals surface area (Å²) in [6.07, 6.45) is 6.49. The number of fused-ring (bicyclic) bond motifs is 5. The smallest absolute Gasteiger partial charge is 0.310 e. The highest BCUT2D eigenvalue weighted by Gasteiger charge is 2.36. The lowest BCUT2D eigenvalue weighted by molar-refractivity contribution is 0.194. The van der Waals surface area contributed by atoms with Crippen LogP contribution in [0.5, 0.6) is 0 Å². The Labute approximate surface area is 200 Å². The number of carbonyl (C=O) groups excluding carboxylic acids is 1. The van der Waals surface area contributed by atoms with Gasteiger partial charge in [0.2, 0.25) is 0 Å². The van der Waals surface area contributed by atoms with Crippen molar-refractivity contribution >= 4 is 23.1 Å². The molecule has 0 bridgehead atoms. The summed E-state index contributed by atoms with van der Waals surface area (Å²) in [4.78, 5) is 17.0. The number of rotatable bonds is 2. The molecule has 7 heteroatoms. The molecule has 1 N–H and O–H groups in total. The summed E-state index contributed by atoms with van der Waals surface area (Å²) in [5, 5.41) is 4.11. The first-order chi connectivity index (χ1) is 16.6. The summed E-state index contributed by atoms with van der Waals surface area (Å²) in [5.74, 6) is -0.674. The van der Waals surface area contributed by atoms with Crippen LogP contribution in [0, 0.1) is 11.6 Å². The Balaban J connectivity index is 1.49. The summed E-state index contributed by atoms with van der Waals surface area (Å²) in [7, 11) is 0. The quantitative estimate of drug-likeness (QED) is 0.339. The molecule has 172 valence electrons. The third kappa shape index (κ3) is 3.60. The molecule has 1 aliphatic carbocycles. The van der Waals surface area contributed by atoms with E-state index < -0.39 is 6.04 Å². The third-order valence-electron chi connectivity index (χ3n) is 6.72. The predicted molar refractivity (Wildman–Crippen MR) is 129 cm³/mol. The predicted octanol–water partition coefficient (Wildman–Crippen LogP) is 6.83. The largest absolute Gasteiger partial charge is 0.322 e. The number of carbonyl (C=O) groups is 1. The minimum atomic E-state index is -0.408. The molecule has 1 atom stereocenters. The van der Waals surface area contributed by atoms with Crippen molar-refractivity contribution in [3.05, 3.63) is 106 Å². The molecule has 4 aromatic rings. The van der Waals surface area contributed by atoms with E-state index in [1.54, 1.807) is 24.3 Å². The minimum absolute atomic E-state index is 0.280. The van der Waals surface area contributed by atoms with Crippen LogP contribution in [0.2, 0.25) is 0 Å². The molecule has 34 heavy (non-hydrogen) atoms. The summed E-state index contributed by atoms with van der Waals surface area (Å²) in [6.45, 7) is 0.442. The Bertz CT molecular complexity index is 1360. The fourth-order valence-corrected chi connectivity index (χ4v) is 6.51. The van der Waals surface area contributed by atoms with Crippen LogP contribution >= 0.6 is 11.3 Å². The minimum Gasteiger partial charge on any atom is -0.310 e. The van der Waals surface area contributed by atoms with Gasteiger partial charge < -0.3 is 14.8 Å². The molecule has 2 aliphatic rings. The number of thiophene rings is 1. The van der Waals surface area contributed by atoms with Gasteiger partial charge >= 0.3 is 6.03 Å². The van der Waals surface area contributed by atoms with Crippen molar-refractivity contribution in [3.63, 3.8) is 0 Å². The fraction of sp³-hybridized carbons (Fsp3) is 0.222. The van der Waals surface area contributed by atoms with Gasteiger partial charge in [-0.05, 0) is 85.3 Å². The van der Waals surface area contributed by atoms with Crippen molar-refractivity contribution in [2.24, 2.45) is 0 Å². The van der Waals surface area contributed by atoms with E-state index in [-0.39, 0.29) is 17.7 Å². The summed E-state index contributed by atoms with van der Waals surface area (Å²) in [5.41, 5.74) is 4.87. The molecule has 0 radical (unpaired) electrons. The van der Waals surface area contributed by atoms with Gasteiger partial charge in [-0.2, -0.15) is 0 Å². The van der Waals surface area contributed by atoms with Crippen LogP contribution in [0.4, 0.5) is 19.3 Å². The second kappa shape index (κ2) is 8.40. The van der Waals surface area contributed by atoms with Crippen molar-refractivity contribution in [2.75, 3.05) is 5.32 Å². The van der Waals surface area contributed by atoms with Crippen molar-refractivity contribution in [1.29, 1.82) is 0 Å². The average Bonchev–Trinajstić information content (AvgIpc) is 3.43. The maximum atomic E-state index is 13.8. The Morgan fingerprint density at radius 3 is 2.38 bits per heavy atom. The van der Waals surface area contributed by atoms with Crippen LogP contribution in [-0.2, 0) is 19.4 Å². The van der Waals surface area contributed by atoms with Crippen LogP contribution < -0.4 is 5.32 Å². The number of anilines is 1. The Morgan fingerprint density at radius 2 is 1.62 bits per heavy atom. The Morgan fingerprint density at radius 1 is 0.912 bits per heavy atom. The van der Waals surface area contributed by atoms with E-state index in [4.69, 9.17) is 0 Å². The number of urea groups is 1. The Kier molecular flexibility index (Phi) is 5.21. The van der Waals surface area contributed by atoms with E-state index in [0.29, 0.717) is 12.2 Å². The normalized spacial score (nSPS) is 16.9. The first-order valence-corrected chi connectivity index (χ1v) is 12.3. The number of nitrogens with zero attached hydrogens (tertiary/aromatic N) is 2. The standard InChI is InChI=1S/C27H23F2N3OS/c28-18-9-7-17(8-10-18)25-23-5-3-15-31(23)26-22(21-4-1-2-6-24(21)34-26)16-32(25)27(33)30-20-13-11-19(29)12-14-20/h3,5,7-15,25H,1-2,4,6,16H2,(H,30,33)/t25-/m0/s1. The molecule has 3 heterocycles. The van der Waals surface area contributed by atoms with Crippen LogP contribution in [0.3, 0.4) is 0 Å². The molecule has 2 aromatic heterocycles. The summed E-state index contributed by atoms with van der Waals surface area (Å²) in [6, 6.07) is 15.4. The van der Waals surface area contributed by atoms with E-state index in [1.165, 1.54) is 46.7 Å². The molecule has 6 rings (SSSR count). The highest BCUT2D eigenvalue weighted by Crippen LogP contribution is 2.44. The summed E-state index contributed by atoms with van der Waals surface area (Å²) >= 11 is 1.82. The van der Waals surface area contributed by atoms with E-state index in [2.05, 4.69) is 9.88 Å². The highest BCUT2D eigenvalue weighted by molar-refractivity contribution is 7.15. The van der Waals surface area contributed by atoms with Crippen LogP contribution in [-0.4, -0.2) is 15.5 Å². The number of benzene rings is 2. The molecule has 2 amide bonds. The Hall–Kier alpha value is -3.45. The molecule has 0 spiro atoms. The van der Waals surface area contributed by atoms with Gasteiger partial charge in [0.1, 0.15) is 16.6 Å². The number of aromatic nitrogens is 1. The van der Waals surface area contributed by atoms with Gasteiger partial charge in [-0.3, -0.25) is 0 Å². The van der Waals surface area contributed by atoms with E-state index >= 15 is 0 Å². The molecule has 4 nitrogen and oxygen atoms in total. The van der Waals surface area contributed by atoms with Gasteiger partial charge in [0.15, 0.2) is 0 Å². The number of hydrogen-bond acceptors (Lipinski definition) is 2. The topological polar surface area (TPSA) is 37.3 Å². The maximum absolute atomic E-state index is 13.8. The van der Waals surface area contributed by atoms with Crippen molar-refractivity contribution in [2.45, 2.75) is 38.3 Å². The lowest BCUT2D eigenvalue weighted by Crippen LogP contribution is -2.38. The van der Waals surface area contributed by atoms with Crippen molar-refractivity contribution in [3.8, 4) is 5.00 Å². The lowest BCUT2D eigenvalue weighted by Gasteiger charge is -2.31. The van der Waals surface area contributed by atoms with Crippen LogP contribution in [0.1, 0.15) is 46.1 Å². The highest BCUT2D eigenvalue weighted by atomic mass is 32.1. The molecular weight excluding hydrogens is 452 g/mol. The molecule has 0 unspecified atom stereocenters. The number of amides is 2. The zero-order valence-electron chi connectivity index (χ0n) is 18.4. The second-order valence-corrected chi connectivity index (χ2v) is 9.90. The maximum Gasteiger partial charge on any atom is 0.322 e. The van der Waals surface area contributed by atoms with Crippen LogP contribution in [0.15, 0.2) is 66.9 Å². The zero-order valence-corrected chi connectivity index (χ0v) is 19.2. The molecule has 0 saturated heterocycles. The van der Waals surface area contributed by atoms with Gasteiger partial charge in [0.25, 0.3) is 0 Å². The molecule has 0 saturated carbocycles. The molecular formula is C27H23F2N3OS. The van der Waals surface area contributed by atoms with Crippen molar-refractivity contribution < 1.29 is 13.6 Å². The zero-order chi connectivity index (χ0) is 23.2. The summed E-state index contributed by atoms with van der Waals surface area (Å²) < 4.78 is 29.4. The lowest BCUT2D eigenvalue weighted by atomic mass is 9.95. The fourth-order valence-electron chi connectivity index (χ4n) is 5.11.